The normalized spacial score (nSPS) is 17.3. The van der Waals surface area contributed by atoms with Crippen LogP contribution < -0.4 is 20.8 Å². The molecular formula is C26H24ClF3N4O3S. The molecule has 12 heteroatoms. The summed E-state index contributed by atoms with van der Waals surface area (Å²) in [6, 6.07) is 8.61. The number of nitrogens with zero attached hydrogens (tertiary/aromatic N) is 3. The number of aromatic nitrogens is 1. The van der Waals surface area contributed by atoms with Gasteiger partial charge in [-0.05, 0) is 72.5 Å². The first kappa shape index (κ1) is 26.6. The number of halogens is 4. The van der Waals surface area contributed by atoms with Crippen molar-refractivity contribution in [1.82, 2.24) is 9.88 Å². The number of piperidine rings is 1. The van der Waals surface area contributed by atoms with Gasteiger partial charge in [0.25, 0.3) is 0 Å². The summed E-state index contributed by atoms with van der Waals surface area (Å²) in [6.07, 6.45) is -2.73. The van der Waals surface area contributed by atoms with Gasteiger partial charge in [0.1, 0.15) is 0 Å². The minimum Gasteiger partial charge on any atom is -0.493 e. The van der Waals surface area contributed by atoms with Crippen LogP contribution in [0.25, 0.3) is 5.57 Å². The summed E-state index contributed by atoms with van der Waals surface area (Å²) >= 11 is 6.61. The summed E-state index contributed by atoms with van der Waals surface area (Å²) in [4.78, 5) is 12.6. The molecule has 1 fully saturated rings. The van der Waals surface area contributed by atoms with Gasteiger partial charge in [-0.3, -0.25) is 9.36 Å². The zero-order valence-corrected chi connectivity index (χ0v) is 21.6. The summed E-state index contributed by atoms with van der Waals surface area (Å²) in [5, 5.41) is 34.1. The molecule has 0 amide bonds. The summed E-state index contributed by atoms with van der Waals surface area (Å²) in [5.41, 5.74) is 0.0421. The standard InChI is InChI=1S/C26H24ClF3N4O3S/c27-18-3-1-16(20(11-18)26(28,29)30)10-19(15-2-4-21-17(9-15)12-32-33-21)23-24(36)34(25(37)38-23)13-22(35)14-5-7-31-8-6-14/h1-4,9,11-12,14,22,31,35-36H,5-8,10,13H2. The van der Waals surface area contributed by atoms with E-state index in [2.05, 4.69) is 15.5 Å². The molecule has 0 bridgehead atoms. The SMILES string of the molecule is O=c1sc(C(Cc2ccc(Cl)cc2C(F)(F)F)=c2ccc3c(c2)C=NN=3)c(O)n1CC(O)C1CCNCC1. The predicted octanol–water partition coefficient (Wildman–Crippen LogP) is 3.06. The van der Waals surface area contributed by atoms with Crippen molar-refractivity contribution in [3.8, 4) is 5.88 Å². The number of aliphatic hydroxyl groups excluding tert-OH is 1. The Kier molecular flexibility index (Phi) is 7.45. The van der Waals surface area contributed by atoms with E-state index >= 15 is 0 Å². The third kappa shape index (κ3) is 5.42. The van der Waals surface area contributed by atoms with Crippen molar-refractivity contribution in [2.24, 2.45) is 16.1 Å². The fourth-order valence-electron chi connectivity index (χ4n) is 4.88. The smallest absolute Gasteiger partial charge is 0.416 e. The number of aromatic hydroxyl groups is 1. The lowest BCUT2D eigenvalue weighted by Crippen LogP contribution is -2.37. The van der Waals surface area contributed by atoms with Crippen LogP contribution in [0.15, 0.2) is 51.4 Å². The highest BCUT2D eigenvalue weighted by Gasteiger charge is 2.34. The molecule has 0 aliphatic carbocycles. The van der Waals surface area contributed by atoms with Crippen molar-refractivity contribution in [3.05, 3.63) is 83.2 Å². The molecule has 2 aliphatic heterocycles. The van der Waals surface area contributed by atoms with E-state index in [1.807, 2.05) is 0 Å². The lowest BCUT2D eigenvalue weighted by molar-refractivity contribution is -0.138. The van der Waals surface area contributed by atoms with Crippen LogP contribution in [0, 0.1) is 5.92 Å². The van der Waals surface area contributed by atoms with Crippen LogP contribution in [0.4, 0.5) is 13.2 Å². The number of thiazole rings is 1. The number of fused-ring (bicyclic) bond motifs is 1. The van der Waals surface area contributed by atoms with E-state index in [-0.39, 0.29) is 40.2 Å². The van der Waals surface area contributed by atoms with Crippen molar-refractivity contribution in [2.75, 3.05) is 13.1 Å². The Morgan fingerprint density at radius 2 is 1.97 bits per heavy atom. The average Bonchev–Trinajstić information content (AvgIpc) is 3.47. The molecule has 1 unspecified atom stereocenters. The third-order valence-corrected chi connectivity index (χ3v) is 8.19. The predicted molar refractivity (Wildman–Crippen MR) is 139 cm³/mol. The Balaban J connectivity index is 1.62. The molecule has 2 aliphatic rings. The van der Waals surface area contributed by atoms with Crippen LogP contribution in [0.1, 0.15) is 34.4 Å². The maximum Gasteiger partial charge on any atom is 0.416 e. The van der Waals surface area contributed by atoms with E-state index < -0.39 is 22.7 Å². The first-order chi connectivity index (χ1) is 18.1. The molecule has 3 aromatic rings. The van der Waals surface area contributed by atoms with Crippen molar-refractivity contribution in [2.45, 2.75) is 38.1 Å². The van der Waals surface area contributed by atoms with E-state index in [1.54, 1.807) is 18.2 Å². The number of aliphatic hydroxyl groups is 1. The van der Waals surface area contributed by atoms with Crippen molar-refractivity contribution >= 4 is 34.7 Å². The minimum atomic E-state index is -4.66. The zero-order valence-electron chi connectivity index (χ0n) is 20.0. The molecule has 5 rings (SSSR count). The number of rotatable bonds is 6. The highest BCUT2D eigenvalue weighted by atomic mass is 35.5. The molecule has 38 heavy (non-hydrogen) atoms. The topological polar surface area (TPSA) is 99.2 Å². The van der Waals surface area contributed by atoms with Gasteiger partial charge in [-0.25, -0.2) is 0 Å². The maximum absolute atomic E-state index is 13.9. The summed E-state index contributed by atoms with van der Waals surface area (Å²) < 4.78 is 42.8. The lowest BCUT2D eigenvalue weighted by Gasteiger charge is -2.27. The molecule has 3 N–H and O–H groups in total. The van der Waals surface area contributed by atoms with Crippen LogP contribution in [0.5, 0.6) is 5.88 Å². The molecule has 2 aromatic carbocycles. The highest BCUT2D eigenvalue weighted by molar-refractivity contribution is 7.10. The molecule has 0 saturated carbocycles. The Bertz CT molecular complexity index is 1580. The number of alkyl halides is 3. The minimum absolute atomic E-state index is 0.0301. The quantitative estimate of drug-likeness (QED) is 0.429. The van der Waals surface area contributed by atoms with Gasteiger partial charge in [0.15, 0.2) is 0 Å². The number of hydrogen-bond donors (Lipinski definition) is 3. The molecule has 0 radical (unpaired) electrons. The molecular weight excluding hydrogens is 541 g/mol. The highest BCUT2D eigenvalue weighted by Crippen LogP contribution is 2.37. The van der Waals surface area contributed by atoms with Crippen molar-refractivity contribution in [3.63, 3.8) is 0 Å². The van der Waals surface area contributed by atoms with E-state index in [1.165, 1.54) is 18.3 Å². The Labute approximate surface area is 224 Å². The van der Waals surface area contributed by atoms with Crippen LogP contribution in [0.3, 0.4) is 0 Å². The van der Waals surface area contributed by atoms with E-state index in [0.717, 1.165) is 47.9 Å². The van der Waals surface area contributed by atoms with Gasteiger partial charge in [0, 0.05) is 17.0 Å². The molecule has 200 valence electrons. The molecule has 0 spiro atoms. The molecule has 1 atom stereocenters. The van der Waals surface area contributed by atoms with E-state index in [0.29, 0.717) is 21.7 Å². The number of nitrogens with one attached hydrogen (secondary N) is 1. The van der Waals surface area contributed by atoms with Gasteiger partial charge in [-0.1, -0.05) is 35.1 Å². The number of benzene rings is 2. The first-order valence-electron chi connectivity index (χ1n) is 12.0. The average molecular weight is 565 g/mol. The van der Waals surface area contributed by atoms with Crippen LogP contribution >= 0.6 is 22.9 Å². The largest absolute Gasteiger partial charge is 0.493 e. The fraction of sp³-hybridized carbons (Fsp3) is 0.346. The van der Waals surface area contributed by atoms with Gasteiger partial charge in [0.2, 0.25) is 5.88 Å². The van der Waals surface area contributed by atoms with Crippen molar-refractivity contribution in [1.29, 1.82) is 0 Å². The molecule has 3 heterocycles. The van der Waals surface area contributed by atoms with Crippen LogP contribution in [-0.2, 0) is 19.1 Å². The number of hydrogen-bond acceptors (Lipinski definition) is 7. The van der Waals surface area contributed by atoms with Gasteiger partial charge in [-0.15, -0.1) is 0 Å². The van der Waals surface area contributed by atoms with E-state index in [9.17, 15) is 28.2 Å². The van der Waals surface area contributed by atoms with Gasteiger partial charge in [0.05, 0.1) is 34.7 Å². The van der Waals surface area contributed by atoms with Gasteiger partial charge >= 0.3 is 11.0 Å². The molecule has 7 nitrogen and oxygen atoms in total. The Morgan fingerprint density at radius 3 is 2.71 bits per heavy atom. The van der Waals surface area contributed by atoms with E-state index in [4.69, 9.17) is 11.6 Å². The van der Waals surface area contributed by atoms with Crippen LogP contribution in [0.2, 0.25) is 5.02 Å². The third-order valence-electron chi connectivity index (χ3n) is 6.92. The first-order valence-corrected chi connectivity index (χ1v) is 13.2. The summed E-state index contributed by atoms with van der Waals surface area (Å²) in [6.45, 7) is 1.40. The second-order valence-electron chi connectivity index (χ2n) is 9.36. The monoisotopic (exact) mass is 564 g/mol. The Morgan fingerprint density at radius 1 is 1.21 bits per heavy atom. The van der Waals surface area contributed by atoms with Crippen molar-refractivity contribution < 1.29 is 23.4 Å². The fourth-order valence-corrected chi connectivity index (χ4v) is 6.01. The zero-order chi connectivity index (χ0) is 27.0. The summed E-state index contributed by atoms with van der Waals surface area (Å²) in [5.74, 6) is -0.415. The maximum atomic E-state index is 13.9. The molecule has 1 aromatic heterocycles. The lowest BCUT2D eigenvalue weighted by atomic mass is 9.92. The summed E-state index contributed by atoms with van der Waals surface area (Å²) in [7, 11) is 0. The van der Waals surface area contributed by atoms with Gasteiger partial charge < -0.3 is 15.5 Å². The second kappa shape index (κ2) is 10.6. The van der Waals surface area contributed by atoms with Gasteiger partial charge in [-0.2, -0.15) is 23.4 Å². The van der Waals surface area contributed by atoms with Crippen LogP contribution in [-0.4, -0.2) is 40.2 Å². The second-order valence-corrected chi connectivity index (χ2v) is 10.8. The Hall–Kier alpha value is -2.99. The molecule has 1 saturated heterocycles.